The van der Waals surface area contributed by atoms with Gasteiger partial charge in [0, 0.05) is 10.6 Å². The molecule has 1 radical (unpaired) electrons. The summed E-state index contributed by atoms with van der Waals surface area (Å²) in [5.41, 5.74) is 1.71. The highest BCUT2D eigenvalue weighted by Gasteiger charge is 2.00. The van der Waals surface area contributed by atoms with Crippen LogP contribution in [0.3, 0.4) is 0 Å². The van der Waals surface area contributed by atoms with E-state index in [-0.39, 0.29) is 0 Å². The van der Waals surface area contributed by atoms with E-state index in [1.807, 2.05) is 24.3 Å². The molecule has 0 saturated carbocycles. The molecule has 4 heteroatoms. The molecule has 0 bridgehead atoms. The lowest BCUT2D eigenvalue weighted by atomic mass is 10.2. The van der Waals surface area contributed by atoms with Crippen molar-refractivity contribution < 1.29 is 0 Å². The van der Waals surface area contributed by atoms with Crippen LogP contribution in [0.4, 0.5) is 0 Å². The Morgan fingerprint density at radius 3 is 3.00 bits per heavy atom. The molecule has 2 rings (SSSR count). The molecular formula is C8H4ClN2S. The van der Waals surface area contributed by atoms with Crippen molar-refractivity contribution in [3.63, 3.8) is 0 Å². The molecule has 0 aliphatic carbocycles. The smallest absolute Gasteiger partial charge is 0.134 e. The highest BCUT2D eigenvalue weighted by atomic mass is 35.5. The van der Waals surface area contributed by atoms with E-state index in [4.69, 9.17) is 11.6 Å². The summed E-state index contributed by atoms with van der Waals surface area (Å²) >= 11 is 6.94. The van der Waals surface area contributed by atoms with Crippen LogP contribution >= 0.6 is 23.3 Å². The minimum absolute atomic E-state index is 0.703. The maximum Gasteiger partial charge on any atom is 0.134 e. The van der Waals surface area contributed by atoms with Gasteiger partial charge in [0.2, 0.25) is 0 Å². The van der Waals surface area contributed by atoms with E-state index in [2.05, 4.69) is 14.9 Å². The second kappa shape index (κ2) is 3.21. The van der Waals surface area contributed by atoms with Gasteiger partial charge in [-0.1, -0.05) is 23.7 Å². The second-order valence-electron chi connectivity index (χ2n) is 2.23. The van der Waals surface area contributed by atoms with E-state index in [9.17, 15) is 0 Å². The molecule has 1 aromatic heterocycles. The van der Waals surface area contributed by atoms with Crippen LogP contribution in [0, 0.1) is 6.20 Å². The zero-order valence-corrected chi connectivity index (χ0v) is 7.56. The van der Waals surface area contributed by atoms with Gasteiger partial charge < -0.3 is 0 Å². The Morgan fingerprint density at radius 2 is 2.33 bits per heavy atom. The summed E-state index contributed by atoms with van der Waals surface area (Å²) in [6.07, 6.45) is 2.78. The van der Waals surface area contributed by atoms with Gasteiger partial charge >= 0.3 is 0 Å². The van der Waals surface area contributed by atoms with E-state index in [1.54, 1.807) is 0 Å². The van der Waals surface area contributed by atoms with Crippen LogP contribution in [0.2, 0.25) is 5.02 Å². The SMILES string of the molecule is Clc1cccc(-c2[c]nsn2)c1. The fourth-order valence-corrected chi connectivity index (χ4v) is 1.48. The second-order valence-corrected chi connectivity index (χ2v) is 3.20. The first kappa shape index (κ1) is 7.71. The summed E-state index contributed by atoms with van der Waals surface area (Å²) in [7, 11) is 0. The quantitative estimate of drug-likeness (QED) is 0.699. The summed E-state index contributed by atoms with van der Waals surface area (Å²) in [4.78, 5) is 0. The molecule has 1 aromatic carbocycles. The van der Waals surface area contributed by atoms with Crippen LogP contribution < -0.4 is 0 Å². The molecule has 0 aliphatic heterocycles. The first-order chi connectivity index (χ1) is 5.86. The molecule has 0 amide bonds. The van der Waals surface area contributed by atoms with Crippen molar-refractivity contribution in [1.82, 2.24) is 8.75 Å². The summed E-state index contributed by atoms with van der Waals surface area (Å²) in [5, 5.41) is 0.703. The van der Waals surface area contributed by atoms with Crippen LogP contribution in [0.5, 0.6) is 0 Å². The van der Waals surface area contributed by atoms with Crippen molar-refractivity contribution in [2.24, 2.45) is 0 Å². The zero-order valence-electron chi connectivity index (χ0n) is 5.99. The normalized spacial score (nSPS) is 10.1. The monoisotopic (exact) mass is 195 g/mol. The van der Waals surface area contributed by atoms with E-state index in [0.717, 1.165) is 23.0 Å². The lowest BCUT2D eigenvalue weighted by Gasteiger charge is -1.94. The van der Waals surface area contributed by atoms with E-state index >= 15 is 0 Å². The fourth-order valence-electron chi connectivity index (χ4n) is 0.898. The first-order valence-electron chi connectivity index (χ1n) is 3.32. The van der Waals surface area contributed by atoms with Crippen LogP contribution in [-0.4, -0.2) is 8.75 Å². The molecule has 1 heterocycles. The summed E-state index contributed by atoms with van der Waals surface area (Å²) in [6, 6.07) is 7.48. The Hall–Kier alpha value is -0.930. The highest BCUT2D eigenvalue weighted by molar-refractivity contribution is 6.99. The number of aromatic nitrogens is 2. The van der Waals surface area contributed by atoms with Crippen molar-refractivity contribution in [1.29, 1.82) is 0 Å². The van der Waals surface area contributed by atoms with Crippen molar-refractivity contribution in [3.8, 4) is 11.3 Å². The number of hydrogen-bond donors (Lipinski definition) is 0. The Labute approximate surface area is 79.2 Å². The van der Waals surface area contributed by atoms with Gasteiger partial charge in [0.25, 0.3) is 0 Å². The van der Waals surface area contributed by atoms with Gasteiger partial charge in [0.1, 0.15) is 11.9 Å². The molecule has 0 N–H and O–H groups in total. The third-order valence-corrected chi connectivity index (χ3v) is 2.09. The standard InChI is InChI=1S/C8H4ClN2S/c9-7-3-1-2-6(4-7)8-5-10-12-11-8/h1-4H. The third kappa shape index (κ3) is 1.47. The maximum atomic E-state index is 5.80. The van der Waals surface area contributed by atoms with Gasteiger partial charge in [-0.25, -0.2) is 0 Å². The summed E-state index contributed by atoms with van der Waals surface area (Å²) in [5.74, 6) is 0. The molecule has 0 spiro atoms. The van der Waals surface area contributed by atoms with Crippen molar-refractivity contribution in [3.05, 3.63) is 35.5 Å². The van der Waals surface area contributed by atoms with Gasteiger partial charge in [-0.05, 0) is 12.1 Å². The predicted molar refractivity (Wildman–Crippen MR) is 49.2 cm³/mol. The number of rotatable bonds is 1. The van der Waals surface area contributed by atoms with Crippen LogP contribution in [0.15, 0.2) is 24.3 Å². The number of nitrogens with zero attached hydrogens (tertiary/aromatic N) is 2. The van der Waals surface area contributed by atoms with E-state index in [0.29, 0.717) is 5.02 Å². The molecule has 0 saturated heterocycles. The summed E-state index contributed by atoms with van der Waals surface area (Å²) < 4.78 is 7.83. The number of hydrogen-bond acceptors (Lipinski definition) is 3. The lowest BCUT2D eigenvalue weighted by molar-refractivity contribution is 1.48. The van der Waals surface area contributed by atoms with Gasteiger partial charge in [0.05, 0.1) is 11.7 Å². The maximum absolute atomic E-state index is 5.80. The van der Waals surface area contributed by atoms with Gasteiger partial charge in [0.15, 0.2) is 0 Å². The molecule has 0 unspecified atom stereocenters. The Bertz CT molecular complexity index is 372. The van der Waals surface area contributed by atoms with Crippen LogP contribution in [0.1, 0.15) is 0 Å². The number of benzene rings is 1. The minimum atomic E-state index is 0.703. The average Bonchev–Trinajstić information content (AvgIpc) is 2.56. The average molecular weight is 196 g/mol. The molecule has 0 aliphatic rings. The zero-order chi connectivity index (χ0) is 8.39. The molecule has 0 fully saturated rings. The van der Waals surface area contributed by atoms with Crippen LogP contribution in [0.25, 0.3) is 11.3 Å². The van der Waals surface area contributed by atoms with Gasteiger partial charge in [-0.15, -0.1) is 0 Å². The first-order valence-corrected chi connectivity index (χ1v) is 4.43. The number of halogens is 1. The topological polar surface area (TPSA) is 25.8 Å². The Kier molecular flexibility index (Phi) is 2.06. The third-order valence-electron chi connectivity index (χ3n) is 1.42. The fraction of sp³-hybridized carbons (Fsp3) is 0. The van der Waals surface area contributed by atoms with Gasteiger partial charge in [-0.3, -0.25) is 0 Å². The largest absolute Gasteiger partial charge is 0.172 e. The lowest BCUT2D eigenvalue weighted by Crippen LogP contribution is -1.75. The summed E-state index contributed by atoms with van der Waals surface area (Å²) in [6.45, 7) is 0. The Balaban J connectivity index is 2.48. The van der Waals surface area contributed by atoms with Crippen molar-refractivity contribution >= 4 is 23.3 Å². The molecule has 12 heavy (non-hydrogen) atoms. The predicted octanol–water partition coefficient (Wildman–Crippen LogP) is 2.66. The highest BCUT2D eigenvalue weighted by Crippen LogP contribution is 2.20. The van der Waals surface area contributed by atoms with Crippen molar-refractivity contribution in [2.75, 3.05) is 0 Å². The molecule has 0 atom stereocenters. The van der Waals surface area contributed by atoms with Crippen molar-refractivity contribution in [2.45, 2.75) is 0 Å². The van der Waals surface area contributed by atoms with E-state index < -0.39 is 0 Å². The minimum Gasteiger partial charge on any atom is -0.172 e. The molecule has 2 nitrogen and oxygen atoms in total. The van der Waals surface area contributed by atoms with Gasteiger partial charge in [-0.2, -0.15) is 8.75 Å². The molecule has 2 aromatic rings. The van der Waals surface area contributed by atoms with Crippen LogP contribution in [-0.2, 0) is 0 Å². The molecule has 59 valence electrons. The Morgan fingerprint density at radius 1 is 1.42 bits per heavy atom. The van der Waals surface area contributed by atoms with E-state index in [1.165, 1.54) is 0 Å². The molecular weight excluding hydrogens is 192 g/mol.